The molecule has 0 bridgehead atoms. The van der Waals surface area contributed by atoms with Crippen LogP contribution >= 0.6 is 11.6 Å². The third kappa shape index (κ3) is 2.50. The number of ether oxygens (including phenoxy) is 1. The van der Waals surface area contributed by atoms with Gasteiger partial charge >= 0.3 is 0 Å². The van der Waals surface area contributed by atoms with Gasteiger partial charge in [-0.2, -0.15) is 0 Å². The van der Waals surface area contributed by atoms with Crippen molar-refractivity contribution in [3.05, 3.63) is 29.8 Å². The molecule has 3 heteroatoms. The van der Waals surface area contributed by atoms with Crippen molar-refractivity contribution in [2.24, 2.45) is 0 Å². The lowest BCUT2D eigenvalue weighted by atomic mass is 10.1. The quantitative estimate of drug-likeness (QED) is 0.736. The molecule has 16 heavy (non-hydrogen) atoms. The average Bonchev–Trinajstić information content (AvgIpc) is 2.27. The summed E-state index contributed by atoms with van der Waals surface area (Å²) in [5, 5.41) is 0. The first-order valence-electron chi connectivity index (χ1n) is 5.75. The maximum atomic E-state index is 5.97. The van der Waals surface area contributed by atoms with Gasteiger partial charge in [0.25, 0.3) is 0 Å². The van der Waals surface area contributed by atoms with Crippen molar-refractivity contribution in [2.75, 3.05) is 18.0 Å². The van der Waals surface area contributed by atoms with Crippen LogP contribution in [-0.2, 0) is 10.6 Å². The number of halogens is 1. The van der Waals surface area contributed by atoms with Gasteiger partial charge in [-0.15, -0.1) is 11.6 Å². The van der Waals surface area contributed by atoms with Crippen molar-refractivity contribution in [1.82, 2.24) is 0 Å². The molecule has 0 amide bonds. The Morgan fingerprint density at radius 1 is 1.25 bits per heavy atom. The minimum Gasteiger partial charge on any atom is -0.372 e. The third-order valence-corrected chi connectivity index (χ3v) is 3.18. The smallest absolute Gasteiger partial charge is 0.0726 e. The van der Waals surface area contributed by atoms with Crippen LogP contribution in [0.4, 0.5) is 5.69 Å². The van der Waals surface area contributed by atoms with Crippen molar-refractivity contribution < 1.29 is 4.74 Å². The van der Waals surface area contributed by atoms with Gasteiger partial charge in [0.15, 0.2) is 0 Å². The van der Waals surface area contributed by atoms with E-state index in [-0.39, 0.29) is 12.2 Å². The molecule has 0 saturated carbocycles. The second-order valence-corrected chi connectivity index (χ2v) is 4.69. The summed E-state index contributed by atoms with van der Waals surface area (Å²) < 4.78 is 5.74. The van der Waals surface area contributed by atoms with Crippen molar-refractivity contribution in [2.45, 2.75) is 31.9 Å². The molecule has 0 N–H and O–H groups in total. The number of rotatable bonds is 2. The average molecular weight is 240 g/mol. The van der Waals surface area contributed by atoms with Crippen LogP contribution in [0.5, 0.6) is 0 Å². The first kappa shape index (κ1) is 11.7. The molecule has 0 unspecified atom stereocenters. The number of alkyl halides is 1. The Morgan fingerprint density at radius 2 is 1.88 bits per heavy atom. The van der Waals surface area contributed by atoms with Crippen LogP contribution in [0, 0.1) is 0 Å². The van der Waals surface area contributed by atoms with Gasteiger partial charge in [-0.1, -0.05) is 18.2 Å². The van der Waals surface area contributed by atoms with Gasteiger partial charge in [-0.3, -0.25) is 0 Å². The molecule has 1 aromatic carbocycles. The van der Waals surface area contributed by atoms with E-state index in [0.717, 1.165) is 13.1 Å². The zero-order valence-corrected chi connectivity index (χ0v) is 10.6. The summed E-state index contributed by atoms with van der Waals surface area (Å²) in [6.07, 6.45) is 0.569. The first-order valence-corrected chi connectivity index (χ1v) is 6.28. The Hall–Kier alpha value is -0.730. The van der Waals surface area contributed by atoms with E-state index >= 15 is 0 Å². The normalized spacial score (nSPS) is 25.8. The monoisotopic (exact) mass is 239 g/mol. The molecule has 2 rings (SSSR count). The Labute approximate surface area is 102 Å². The van der Waals surface area contributed by atoms with Gasteiger partial charge in [0, 0.05) is 24.7 Å². The molecule has 1 aliphatic heterocycles. The molecular formula is C13H18ClNO. The van der Waals surface area contributed by atoms with E-state index < -0.39 is 0 Å². The lowest BCUT2D eigenvalue weighted by molar-refractivity contribution is -0.00524. The topological polar surface area (TPSA) is 12.5 Å². The lowest BCUT2D eigenvalue weighted by Gasteiger charge is -2.37. The van der Waals surface area contributed by atoms with Gasteiger partial charge in [0.2, 0.25) is 0 Å². The molecular weight excluding hydrogens is 222 g/mol. The largest absolute Gasteiger partial charge is 0.372 e. The van der Waals surface area contributed by atoms with Crippen molar-refractivity contribution >= 4 is 17.3 Å². The van der Waals surface area contributed by atoms with E-state index in [4.69, 9.17) is 16.3 Å². The van der Waals surface area contributed by atoms with Crippen LogP contribution in [-0.4, -0.2) is 25.3 Å². The highest BCUT2D eigenvalue weighted by molar-refractivity contribution is 6.17. The van der Waals surface area contributed by atoms with Crippen LogP contribution in [0.1, 0.15) is 19.4 Å². The van der Waals surface area contributed by atoms with Crippen LogP contribution < -0.4 is 4.90 Å². The SMILES string of the molecule is C[C@@H]1CN(c2ccccc2CCl)C[C@H](C)O1. The van der Waals surface area contributed by atoms with Crippen molar-refractivity contribution in [3.63, 3.8) is 0 Å². The van der Waals surface area contributed by atoms with E-state index in [1.54, 1.807) is 0 Å². The third-order valence-electron chi connectivity index (χ3n) is 2.90. The molecule has 0 aromatic heterocycles. The van der Waals surface area contributed by atoms with Crippen molar-refractivity contribution in [1.29, 1.82) is 0 Å². The highest BCUT2D eigenvalue weighted by Gasteiger charge is 2.23. The number of benzene rings is 1. The molecule has 0 radical (unpaired) electrons. The zero-order valence-electron chi connectivity index (χ0n) is 9.82. The van der Waals surface area contributed by atoms with E-state index in [9.17, 15) is 0 Å². The minimum absolute atomic E-state index is 0.284. The van der Waals surface area contributed by atoms with Gasteiger partial charge in [0.05, 0.1) is 12.2 Å². The summed E-state index contributed by atoms with van der Waals surface area (Å²) in [5.41, 5.74) is 2.45. The summed E-state index contributed by atoms with van der Waals surface area (Å²) in [5.74, 6) is 0.566. The maximum absolute atomic E-state index is 5.97. The highest BCUT2D eigenvalue weighted by Crippen LogP contribution is 2.25. The Kier molecular flexibility index (Phi) is 3.72. The Morgan fingerprint density at radius 3 is 2.50 bits per heavy atom. The van der Waals surface area contributed by atoms with Gasteiger partial charge in [-0.05, 0) is 25.5 Å². The number of morpholine rings is 1. The van der Waals surface area contributed by atoms with Crippen LogP contribution in [0.15, 0.2) is 24.3 Å². The highest BCUT2D eigenvalue weighted by atomic mass is 35.5. The van der Waals surface area contributed by atoms with Crippen LogP contribution in [0.2, 0.25) is 0 Å². The predicted molar refractivity (Wildman–Crippen MR) is 68.2 cm³/mol. The van der Waals surface area contributed by atoms with E-state index in [1.807, 2.05) is 6.07 Å². The second-order valence-electron chi connectivity index (χ2n) is 4.42. The lowest BCUT2D eigenvalue weighted by Crippen LogP contribution is -2.45. The van der Waals surface area contributed by atoms with E-state index in [0.29, 0.717) is 5.88 Å². The molecule has 1 fully saturated rings. The fourth-order valence-corrected chi connectivity index (χ4v) is 2.53. The number of nitrogens with zero attached hydrogens (tertiary/aromatic N) is 1. The summed E-state index contributed by atoms with van der Waals surface area (Å²) in [7, 11) is 0. The molecule has 2 nitrogen and oxygen atoms in total. The summed E-state index contributed by atoms with van der Waals surface area (Å²) >= 11 is 5.97. The van der Waals surface area contributed by atoms with Crippen molar-refractivity contribution in [3.8, 4) is 0 Å². The fraction of sp³-hybridized carbons (Fsp3) is 0.538. The number of hydrogen-bond acceptors (Lipinski definition) is 2. The maximum Gasteiger partial charge on any atom is 0.0726 e. The number of anilines is 1. The summed E-state index contributed by atoms with van der Waals surface area (Å²) in [6.45, 7) is 6.12. The zero-order chi connectivity index (χ0) is 11.5. The standard InChI is InChI=1S/C13H18ClNO/c1-10-8-15(9-11(2)16-10)13-6-4-3-5-12(13)7-14/h3-6,10-11H,7-9H2,1-2H3/t10-,11+. The second kappa shape index (κ2) is 5.07. The minimum atomic E-state index is 0.284. The molecule has 1 aliphatic rings. The molecule has 1 heterocycles. The molecule has 1 saturated heterocycles. The van der Waals surface area contributed by atoms with E-state index in [1.165, 1.54) is 11.3 Å². The summed E-state index contributed by atoms with van der Waals surface area (Å²) in [4.78, 5) is 2.37. The first-order chi connectivity index (χ1) is 7.70. The Bertz CT molecular complexity index is 346. The molecule has 2 atom stereocenters. The van der Waals surface area contributed by atoms with Gasteiger partial charge < -0.3 is 9.64 Å². The molecule has 0 aliphatic carbocycles. The molecule has 1 aromatic rings. The van der Waals surface area contributed by atoms with Gasteiger partial charge in [-0.25, -0.2) is 0 Å². The molecule has 88 valence electrons. The predicted octanol–water partition coefficient (Wildman–Crippen LogP) is 3.04. The summed E-state index contributed by atoms with van der Waals surface area (Å²) in [6, 6.07) is 8.33. The van der Waals surface area contributed by atoms with E-state index in [2.05, 4.69) is 36.9 Å². The van der Waals surface area contributed by atoms with Crippen LogP contribution in [0.3, 0.4) is 0 Å². The number of hydrogen-bond donors (Lipinski definition) is 0. The number of para-hydroxylation sites is 1. The molecule has 0 spiro atoms. The van der Waals surface area contributed by atoms with Gasteiger partial charge in [0.1, 0.15) is 0 Å². The Balaban J connectivity index is 2.22. The van der Waals surface area contributed by atoms with Crippen LogP contribution in [0.25, 0.3) is 0 Å². The fourth-order valence-electron chi connectivity index (χ4n) is 2.31.